The molecule has 1 unspecified atom stereocenters. The first-order valence-electron chi connectivity index (χ1n) is 6.27. The van der Waals surface area contributed by atoms with Gasteiger partial charge in [-0.05, 0) is 24.6 Å². The van der Waals surface area contributed by atoms with Crippen LogP contribution in [0.5, 0.6) is 0 Å². The summed E-state index contributed by atoms with van der Waals surface area (Å²) in [7, 11) is 0. The lowest BCUT2D eigenvalue weighted by Gasteiger charge is -2.30. The molecule has 0 spiro atoms. The second-order valence-electron chi connectivity index (χ2n) is 5.60. The van der Waals surface area contributed by atoms with E-state index in [4.69, 9.17) is 0 Å². The Balaban J connectivity index is 1.98. The average molecular weight is 249 g/mol. The summed E-state index contributed by atoms with van der Waals surface area (Å²) in [6.45, 7) is 8.14. The Kier molecular flexibility index (Phi) is 3.55. The van der Waals surface area contributed by atoms with Crippen molar-refractivity contribution in [1.82, 2.24) is 10.6 Å². The highest BCUT2D eigenvalue weighted by atomic mass is 19.1. The number of guanidine groups is 1. The van der Waals surface area contributed by atoms with Gasteiger partial charge < -0.3 is 10.6 Å². The molecule has 0 aliphatic carbocycles. The van der Waals surface area contributed by atoms with Gasteiger partial charge in [0.1, 0.15) is 5.82 Å². The number of halogens is 1. The van der Waals surface area contributed by atoms with E-state index in [0.717, 1.165) is 24.6 Å². The van der Waals surface area contributed by atoms with Crippen molar-refractivity contribution in [2.24, 2.45) is 10.4 Å². The second-order valence-corrected chi connectivity index (χ2v) is 5.60. The highest BCUT2D eigenvalue weighted by molar-refractivity contribution is 5.80. The predicted molar refractivity (Wildman–Crippen MR) is 72.0 cm³/mol. The molecule has 0 radical (unpaired) electrons. The van der Waals surface area contributed by atoms with Crippen molar-refractivity contribution < 1.29 is 4.39 Å². The van der Waals surface area contributed by atoms with Gasteiger partial charge in [0.05, 0.1) is 6.04 Å². The molecule has 4 heteroatoms. The molecule has 1 atom stereocenters. The second kappa shape index (κ2) is 4.96. The van der Waals surface area contributed by atoms with Crippen LogP contribution >= 0.6 is 0 Å². The van der Waals surface area contributed by atoms with Gasteiger partial charge in [0.2, 0.25) is 0 Å². The van der Waals surface area contributed by atoms with Gasteiger partial charge >= 0.3 is 0 Å². The fraction of sp³-hybridized carbons (Fsp3) is 0.500. The van der Waals surface area contributed by atoms with Gasteiger partial charge in [-0.25, -0.2) is 4.39 Å². The highest BCUT2D eigenvalue weighted by Gasteiger charge is 2.22. The van der Waals surface area contributed by atoms with Crippen molar-refractivity contribution in [2.75, 3.05) is 13.1 Å². The highest BCUT2D eigenvalue weighted by Crippen LogP contribution is 2.17. The number of nitrogens with one attached hydrogen (secondary N) is 2. The Morgan fingerprint density at radius 1 is 1.33 bits per heavy atom. The molecule has 98 valence electrons. The summed E-state index contributed by atoms with van der Waals surface area (Å²) in [5.74, 6) is 0.618. The SMILES string of the molecule is CC(NC1=NCC(C)(C)CN1)c1ccc(F)cc1. The molecule has 3 nitrogen and oxygen atoms in total. The number of hydrogen-bond donors (Lipinski definition) is 2. The largest absolute Gasteiger partial charge is 0.356 e. The van der Waals surface area contributed by atoms with E-state index in [1.165, 1.54) is 12.1 Å². The van der Waals surface area contributed by atoms with Gasteiger partial charge in [-0.3, -0.25) is 4.99 Å². The van der Waals surface area contributed by atoms with Crippen molar-refractivity contribution in [2.45, 2.75) is 26.8 Å². The van der Waals surface area contributed by atoms with Crippen molar-refractivity contribution in [1.29, 1.82) is 0 Å². The minimum atomic E-state index is -0.208. The Labute approximate surface area is 108 Å². The zero-order valence-corrected chi connectivity index (χ0v) is 11.1. The minimum absolute atomic E-state index is 0.109. The van der Waals surface area contributed by atoms with E-state index in [1.807, 2.05) is 6.92 Å². The number of benzene rings is 1. The molecular weight excluding hydrogens is 229 g/mol. The van der Waals surface area contributed by atoms with Gasteiger partial charge in [0, 0.05) is 18.5 Å². The van der Waals surface area contributed by atoms with E-state index in [2.05, 4.69) is 29.5 Å². The Bertz CT molecular complexity index is 437. The number of aliphatic imine (C=N–C) groups is 1. The van der Waals surface area contributed by atoms with Crippen LogP contribution in [0.4, 0.5) is 4.39 Å². The fourth-order valence-electron chi connectivity index (χ4n) is 1.86. The molecule has 2 N–H and O–H groups in total. The van der Waals surface area contributed by atoms with Crippen molar-refractivity contribution in [3.05, 3.63) is 35.6 Å². The van der Waals surface area contributed by atoms with Crippen LogP contribution in [0.2, 0.25) is 0 Å². The summed E-state index contributed by atoms with van der Waals surface area (Å²) < 4.78 is 12.8. The molecule has 1 aromatic carbocycles. The monoisotopic (exact) mass is 249 g/mol. The number of rotatable bonds is 2. The first-order valence-corrected chi connectivity index (χ1v) is 6.27. The molecule has 0 aromatic heterocycles. The third-order valence-corrected chi connectivity index (χ3v) is 3.12. The lowest BCUT2D eigenvalue weighted by atomic mass is 9.93. The van der Waals surface area contributed by atoms with Gasteiger partial charge in [0.15, 0.2) is 5.96 Å². The Morgan fingerprint density at radius 3 is 2.56 bits per heavy atom. The van der Waals surface area contributed by atoms with E-state index >= 15 is 0 Å². The maximum Gasteiger partial charge on any atom is 0.191 e. The molecule has 18 heavy (non-hydrogen) atoms. The predicted octanol–water partition coefficient (Wildman–Crippen LogP) is 2.46. The van der Waals surface area contributed by atoms with E-state index < -0.39 is 0 Å². The molecule has 1 heterocycles. The molecule has 0 amide bonds. The van der Waals surface area contributed by atoms with Gasteiger partial charge in [-0.15, -0.1) is 0 Å². The normalized spacial score (nSPS) is 19.7. The number of hydrogen-bond acceptors (Lipinski definition) is 3. The third-order valence-electron chi connectivity index (χ3n) is 3.12. The lowest BCUT2D eigenvalue weighted by Crippen LogP contribution is -2.47. The standard InChI is InChI=1S/C14H20FN3/c1-10(11-4-6-12(15)7-5-11)18-13-16-8-14(2,3)9-17-13/h4-7,10H,8-9H2,1-3H3,(H2,16,17,18). The summed E-state index contributed by atoms with van der Waals surface area (Å²) in [6.07, 6.45) is 0. The fourth-order valence-corrected chi connectivity index (χ4v) is 1.86. The van der Waals surface area contributed by atoms with Crippen LogP contribution in [0.25, 0.3) is 0 Å². The van der Waals surface area contributed by atoms with Gasteiger partial charge in [-0.1, -0.05) is 26.0 Å². The van der Waals surface area contributed by atoms with Crippen molar-refractivity contribution in [3.8, 4) is 0 Å². The van der Waals surface area contributed by atoms with Crippen LogP contribution in [0.1, 0.15) is 32.4 Å². The molecule has 1 aliphatic rings. The smallest absolute Gasteiger partial charge is 0.191 e. The molecule has 2 rings (SSSR count). The summed E-state index contributed by atoms with van der Waals surface area (Å²) in [5.41, 5.74) is 1.26. The topological polar surface area (TPSA) is 36.4 Å². The van der Waals surface area contributed by atoms with Crippen LogP contribution in [-0.2, 0) is 0 Å². The van der Waals surface area contributed by atoms with Gasteiger partial charge in [0.25, 0.3) is 0 Å². The molecule has 0 saturated heterocycles. The zero-order chi connectivity index (χ0) is 13.2. The molecule has 0 bridgehead atoms. The van der Waals surface area contributed by atoms with Crippen LogP contribution in [0.15, 0.2) is 29.3 Å². The first-order chi connectivity index (χ1) is 8.46. The summed E-state index contributed by atoms with van der Waals surface area (Å²) >= 11 is 0. The van der Waals surface area contributed by atoms with E-state index in [9.17, 15) is 4.39 Å². The third kappa shape index (κ3) is 3.22. The molecule has 1 aromatic rings. The van der Waals surface area contributed by atoms with Crippen LogP contribution in [-0.4, -0.2) is 19.0 Å². The maximum atomic E-state index is 12.8. The van der Waals surface area contributed by atoms with E-state index in [0.29, 0.717) is 0 Å². The molecular formula is C14H20FN3. The van der Waals surface area contributed by atoms with E-state index in [1.54, 1.807) is 12.1 Å². The summed E-state index contributed by atoms with van der Waals surface area (Å²) in [4.78, 5) is 4.49. The van der Waals surface area contributed by atoms with Crippen molar-refractivity contribution in [3.63, 3.8) is 0 Å². The molecule has 1 aliphatic heterocycles. The lowest BCUT2D eigenvalue weighted by molar-refractivity contribution is 0.357. The van der Waals surface area contributed by atoms with Crippen LogP contribution in [0.3, 0.4) is 0 Å². The summed E-state index contributed by atoms with van der Waals surface area (Å²) in [5, 5.41) is 6.59. The van der Waals surface area contributed by atoms with Crippen molar-refractivity contribution >= 4 is 5.96 Å². The van der Waals surface area contributed by atoms with E-state index in [-0.39, 0.29) is 17.3 Å². The maximum absolute atomic E-state index is 12.8. The quantitative estimate of drug-likeness (QED) is 0.844. The zero-order valence-electron chi connectivity index (χ0n) is 11.1. The number of nitrogens with zero attached hydrogens (tertiary/aromatic N) is 1. The first kappa shape index (κ1) is 12.9. The summed E-state index contributed by atoms with van der Waals surface area (Å²) in [6, 6.07) is 6.65. The average Bonchev–Trinajstić information content (AvgIpc) is 2.33. The van der Waals surface area contributed by atoms with Crippen LogP contribution in [0, 0.1) is 11.2 Å². The Morgan fingerprint density at radius 2 is 2.00 bits per heavy atom. The molecule has 0 saturated carbocycles. The van der Waals surface area contributed by atoms with Gasteiger partial charge in [-0.2, -0.15) is 0 Å². The minimum Gasteiger partial charge on any atom is -0.356 e. The van der Waals surface area contributed by atoms with Crippen LogP contribution < -0.4 is 10.6 Å². The molecule has 0 fully saturated rings. The Hall–Kier alpha value is -1.58.